The summed E-state index contributed by atoms with van der Waals surface area (Å²) in [4.78, 5) is 12.4. The normalized spacial score (nSPS) is 18.6. The topological polar surface area (TPSA) is 58.0 Å². The molecule has 1 aliphatic heterocycles. The molecule has 2 atom stereocenters. The zero-order valence-electron chi connectivity index (χ0n) is 24.0. The summed E-state index contributed by atoms with van der Waals surface area (Å²) < 4.78 is 6.19. The summed E-state index contributed by atoms with van der Waals surface area (Å²) in [6, 6.07) is 34.0. The van der Waals surface area contributed by atoms with Gasteiger partial charge in [0.2, 0.25) is 5.88 Å². The van der Waals surface area contributed by atoms with Crippen LogP contribution in [0.2, 0.25) is 0 Å². The Morgan fingerprint density at radius 3 is 2.43 bits per heavy atom. The Hall–Kier alpha value is -3.95. The Morgan fingerprint density at radius 2 is 1.62 bits per heavy atom. The number of fused-ring (bicyclic) bond motifs is 4. The molecule has 6 heteroatoms. The molecule has 0 fully saturated rings. The average molecular weight is 734 g/mol. The van der Waals surface area contributed by atoms with Crippen molar-refractivity contribution in [2.75, 3.05) is 4.90 Å². The first-order valence-corrected chi connectivity index (χ1v) is 14.1. The van der Waals surface area contributed by atoms with Crippen molar-refractivity contribution < 1.29 is 30.9 Å². The third-order valence-corrected chi connectivity index (χ3v) is 8.46. The summed E-state index contributed by atoms with van der Waals surface area (Å²) in [5, 5.41) is 11.1. The van der Waals surface area contributed by atoms with E-state index in [1.807, 2.05) is 30.3 Å². The Kier molecular flexibility index (Phi) is 7.19. The number of aliphatic imine (C=N–C) groups is 1. The van der Waals surface area contributed by atoms with Crippen LogP contribution in [-0.4, -0.2) is 22.0 Å². The van der Waals surface area contributed by atoms with E-state index in [0.717, 1.165) is 23.2 Å². The van der Waals surface area contributed by atoms with Crippen LogP contribution in [0, 0.1) is 19.9 Å². The number of amidine groups is 1. The van der Waals surface area contributed by atoms with Gasteiger partial charge >= 0.3 is 0 Å². The summed E-state index contributed by atoms with van der Waals surface area (Å²) in [6.07, 6.45) is 0.959. The second-order valence-electron chi connectivity index (χ2n) is 11.8. The van der Waals surface area contributed by atoms with Crippen LogP contribution in [-0.2, 0) is 26.5 Å². The van der Waals surface area contributed by atoms with Crippen LogP contribution < -0.4 is 9.64 Å². The average Bonchev–Trinajstić information content (AvgIpc) is 3.32. The number of pyridine rings is 1. The second-order valence-corrected chi connectivity index (χ2v) is 11.8. The number of para-hydroxylation sites is 2. The number of aromatic hydroxyl groups is 1. The zero-order valence-corrected chi connectivity index (χ0v) is 26.3. The molecular weight excluding hydrogens is 701 g/mol. The number of nitrogens with zero attached hydrogens (tertiary/aromatic N) is 3. The summed E-state index contributed by atoms with van der Waals surface area (Å²) >= 11 is 0. The Bertz CT molecular complexity index is 1830. The van der Waals surface area contributed by atoms with Gasteiger partial charge in [-0.05, 0) is 60.1 Å². The quantitative estimate of drug-likeness (QED) is 0.189. The van der Waals surface area contributed by atoms with Crippen molar-refractivity contribution in [1.82, 2.24) is 4.98 Å². The van der Waals surface area contributed by atoms with Crippen LogP contribution >= 0.6 is 0 Å². The molecule has 4 aromatic carbocycles. The SMILES string of the molecule is Cc1cccc(C)c1N1C(c2[c-]c(Oc3ccc4cccc(O)c4n3)ccc2)=N[C@H]2CC(C)(C)c3ccccc3[C@H]21.[Pt]. The molecule has 0 saturated heterocycles. The predicted molar refractivity (Wildman–Crippen MR) is 164 cm³/mol. The van der Waals surface area contributed by atoms with Crippen molar-refractivity contribution in [3.8, 4) is 17.4 Å². The van der Waals surface area contributed by atoms with E-state index in [9.17, 15) is 5.11 Å². The molecule has 1 aromatic heterocycles. The van der Waals surface area contributed by atoms with E-state index in [4.69, 9.17) is 9.73 Å². The number of ether oxygens (including phenoxy) is 1. The van der Waals surface area contributed by atoms with Gasteiger partial charge in [-0.15, -0.1) is 23.8 Å². The van der Waals surface area contributed by atoms with E-state index in [2.05, 4.69) is 92.2 Å². The van der Waals surface area contributed by atoms with Crippen LogP contribution in [0.1, 0.15) is 54.1 Å². The second kappa shape index (κ2) is 10.7. The minimum Gasteiger partial charge on any atom is -0.506 e. The van der Waals surface area contributed by atoms with Crippen LogP contribution in [0.4, 0.5) is 5.69 Å². The van der Waals surface area contributed by atoms with E-state index < -0.39 is 0 Å². The summed E-state index contributed by atoms with van der Waals surface area (Å²) in [7, 11) is 0. The molecule has 2 aliphatic rings. The summed E-state index contributed by atoms with van der Waals surface area (Å²) in [5.41, 5.74) is 7.75. The molecule has 5 nitrogen and oxygen atoms in total. The van der Waals surface area contributed by atoms with Gasteiger partial charge in [0.1, 0.15) is 11.3 Å². The molecule has 214 valence electrons. The van der Waals surface area contributed by atoms with Gasteiger partial charge in [-0.2, -0.15) is 0 Å². The van der Waals surface area contributed by atoms with Crippen molar-refractivity contribution in [2.24, 2.45) is 4.99 Å². The Labute approximate surface area is 261 Å². The molecule has 42 heavy (non-hydrogen) atoms. The molecule has 0 unspecified atom stereocenters. The summed E-state index contributed by atoms with van der Waals surface area (Å²) in [6.45, 7) is 9.01. The van der Waals surface area contributed by atoms with Crippen LogP contribution in [0.3, 0.4) is 0 Å². The smallest absolute Gasteiger partial charge is 0.217 e. The molecule has 0 saturated carbocycles. The molecule has 1 aliphatic carbocycles. The van der Waals surface area contributed by atoms with Gasteiger partial charge in [0.25, 0.3) is 0 Å². The van der Waals surface area contributed by atoms with E-state index in [1.165, 1.54) is 27.9 Å². The fourth-order valence-corrected chi connectivity index (χ4v) is 6.65. The Balaban J connectivity index is 0.00000316. The van der Waals surface area contributed by atoms with Crippen molar-refractivity contribution in [3.05, 3.63) is 125 Å². The van der Waals surface area contributed by atoms with Gasteiger partial charge in [-0.3, -0.25) is 0 Å². The molecule has 0 bridgehead atoms. The van der Waals surface area contributed by atoms with Gasteiger partial charge in [0.15, 0.2) is 0 Å². The van der Waals surface area contributed by atoms with Crippen LogP contribution in [0.25, 0.3) is 10.9 Å². The fraction of sp³-hybridized carbons (Fsp3) is 0.222. The maximum Gasteiger partial charge on any atom is 0.217 e. The van der Waals surface area contributed by atoms with Crippen LogP contribution in [0.5, 0.6) is 17.4 Å². The molecular formula is C36H32N3O2Pt-. The fourth-order valence-electron chi connectivity index (χ4n) is 6.65. The number of anilines is 1. The van der Waals surface area contributed by atoms with Gasteiger partial charge in [0, 0.05) is 44.0 Å². The number of aryl methyl sites for hydroxylation is 2. The van der Waals surface area contributed by atoms with Gasteiger partial charge < -0.3 is 19.7 Å². The molecule has 1 N–H and O–H groups in total. The number of phenolic OH excluding ortho intramolecular Hbond substituents is 1. The number of hydrogen-bond acceptors (Lipinski definition) is 5. The van der Waals surface area contributed by atoms with Gasteiger partial charge in [0.05, 0.1) is 17.9 Å². The molecule has 7 rings (SSSR count). The standard InChI is InChI=1S/C36H32N3O2.Pt/c1-22-10-7-11-23(2)33(22)39-34-27-15-5-6-16-28(27)36(3,4)21-29(34)37-35(39)25-13-8-14-26(20-25)41-31-19-18-24-12-9-17-30(40)32(24)38-31;/h5-19,29,34,40H,21H2,1-4H3;/q-1;/t29-,34+;/m0./s1. The third-order valence-electron chi connectivity index (χ3n) is 8.46. The van der Waals surface area contributed by atoms with E-state index in [0.29, 0.717) is 17.1 Å². The van der Waals surface area contributed by atoms with E-state index in [-0.39, 0.29) is 44.3 Å². The van der Waals surface area contributed by atoms with Crippen molar-refractivity contribution in [1.29, 1.82) is 0 Å². The van der Waals surface area contributed by atoms with Crippen molar-refractivity contribution in [3.63, 3.8) is 0 Å². The van der Waals surface area contributed by atoms with Gasteiger partial charge in [-0.25, -0.2) is 4.98 Å². The first-order chi connectivity index (χ1) is 19.8. The summed E-state index contributed by atoms with van der Waals surface area (Å²) in [5.74, 6) is 1.97. The first kappa shape index (κ1) is 28.2. The first-order valence-electron chi connectivity index (χ1n) is 14.1. The largest absolute Gasteiger partial charge is 0.506 e. The monoisotopic (exact) mass is 733 g/mol. The van der Waals surface area contributed by atoms with Crippen molar-refractivity contribution >= 4 is 22.4 Å². The minimum absolute atomic E-state index is 0. The predicted octanol–water partition coefficient (Wildman–Crippen LogP) is 8.21. The number of hydrogen-bond donors (Lipinski definition) is 1. The molecule has 0 radical (unpaired) electrons. The molecule has 0 spiro atoms. The molecule has 2 heterocycles. The van der Waals surface area contributed by atoms with Gasteiger partial charge in [-0.1, -0.05) is 74.5 Å². The van der Waals surface area contributed by atoms with E-state index >= 15 is 0 Å². The third kappa shape index (κ3) is 4.70. The number of rotatable bonds is 4. The molecule has 0 amide bonds. The Morgan fingerprint density at radius 1 is 0.881 bits per heavy atom. The number of benzene rings is 4. The van der Waals surface area contributed by atoms with E-state index in [1.54, 1.807) is 12.1 Å². The van der Waals surface area contributed by atoms with Crippen LogP contribution in [0.15, 0.2) is 96.0 Å². The molecule has 5 aromatic rings. The van der Waals surface area contributed by atoms with Crippen molar-refractivity contribution in [2.45, 2.75) is 51.6 Å². The number of aromatic nitrogens is 1. The maximum atomic E-state index is 10.3. The zero-order chi connectivity index (χ0) is 28.3. The maximum absolute atomic E-state index is 10.3. The minimum atomic E-state index is 0. The number of phenols is 1.